The van der Waals surface area contributed by atoms with Crippen molar-refractivity contribution in [3.05, 3.63) is 0 Å². The first kappa shape index (κ1) is 25.7. The largest absolute Gasteiger partial charge is 0.396 e. The van der Waals surface area contributed by atoms with Gasteiger partial charge in [0.2, 0.25) is 0 Å². The summed E-state index contributed by atoms with van der Waals surface area (Å²) in [5, 5.41) is 74.9. The molecule has 0 aromatic carbocycles. The normalized spacial score (nSPS) is 16.8. The van der Waals surface area contributed by atoms with Crippen LogP contribution in [0.3, 0.4) is 0 Å². The molecule has 0 aromatic heterocycles. The molecule has 0 rings (SSSR count). The van der Waals surface area contributed by atoms with Gasteiger partial charge in [0.25, 0.3) is 0 Å². The summed E-state index contributed by atoms with van der Waals surface area (Å²) in [5.41, 5.74) is -0.704. The Bertz CT molecular complexity index is 326. The summed E-state index contributed by atoms with van der Waals surface area (Å²) in [6, 6.07) is 0. The molecule has 0 saturated carbocycles. The van der Waals surface area contributed by atoms with Crippen molar-refractivity contribution in [1.82, 2.24) is 0 Å². The van der Waals surface area contributed by atoms with Crippen LogP contribution in [0.4, 0.5) is 0 Å². The lowest BCUT2D eigenvalue weighted by molar-refractivity contribution is -0.0649. The molecule has 0 saturated heterocycles. The highest BCUT2D eigenvalue weighted by Gasteiger charge is 2.38. The second-order valence-electron chi connectivity index (χ2n) is 7.24. The third-order valence-electron chi connectivity index (χ3n) is 4.97. The Morgan fingerprint density at radius 1 is 0.615 bits per heavy atom. The summed E-state index contributed by atoms with van der Waals surface area (Å²) >= 11 is 0. The molecule has 0 spiro atoms. The highest BCUT2D eigenvalue weighted by Crippen LogP contribution is 2.41. The molecule has 0 aliphatic rings. The van der Waals surface area contributed by atoms with E-state index in [0.29, 0.717) is 44.9 Å². The van der Waals surface area contributed by atoms with Crippen LogP contribution in [-0.4, -0.2) is 78.9 Å². The summed E-state index contributed by atoms with van der Waals surface area (Å²) in [4.78, 5) is 0. The molecule has 0 fully saturated rings. The highest BCUT2D eigenvalue weighted by atomic mass is 16.5. The molecule has 0 heterocycles. The smallest absolute Gasteiger partial charge is 0.151 e. The molecule has 0 aliphatic heterocycles. The Morgan fingerprint density at radius 3 is 1.73 bits per heavy atom. The predicted octanol–water partition coefficient (Wildman–Crippen LogP) is -0.408. The Morgan fingerprint density at radius 2 is 1.19 bits per heavy atom. The first-order chi connectivity index (χ1) is 12.3. The van der Waals surface area contributed by atoms with Gasteiger partial charge in [-0.1, -0.05) is 12.8 Å². The Kier molecular flexibility index (Phi) is 14.5. The average molecular weight is 382 g/mol. The minimum atomic E-state index is -1.43. The maximum atomic E-state index is 10.7. The van der Waals surface area contributed by atoms with Crippen molar-refractivity contribution in [3.8, 4) is 0 Å². The molecule has 0 aromatic rings. The SMILES string of the molecule is OCCCC(O)C(CCCCCC(O)O)(CCCC(O)O)CC(O)CO. The second-order valence-corrected chi connectivity index (χ2v) is 7.24. The Labute approximate surface area is 155 Å². The third kappa shape index (κ3) is 11.4. The lowest BCUT2D eigenvalue weighted by atomic mass is 9.68. The summed E-state index contributed by atoms with van der Waals surface area (Å²) < 4.78 is 0. The number of rotatable bonds is 17. The first-order valence-electron chi connectivity index (χ1n) is 9.57. The quantitative estimate of drug-likeness (QED) is 0.124. The molecule has 0 amide bonds. The minimum Gasteiger partial charge on any atom is -0.396 e. The van der Waals surface area contributed by atoms with Crippen LogP contribution >= 0.6 is 0 Å². The van der Waals surface area contributed by atoms with Gasteiger partial charge in [-0.05, 0) is 63.2 Å². The van der Waals surface area contributed by atoms with Crippen molar-refractivity contribution in [3.63, 3.8) is 0 Å². The fourth-order valence-corrected chi connectivity index (χ4v) is 3.54. The van der Waals surface area contributed by atoms with Gasteiger partial charge in [0.1, 0.15) is 0 Å². The van der Waals surface area contributed by atoms with E-state index in [-0.39, 0.29) is 25.9 Å². The van der Waals surface area contributed by atoms with Crippen LogP contribution in [-0.2, 0) is 0 Å². The van der Waals surface area contributed by atoms with E-state index in [9.17, 15) is 15.3 Å². The molecule has 3 unspecified atom stereocenters. The second kappa shape index (κ2) is 14.7. The van der Waals surface area contributed by atoms with E-state index in [1.165, 1.54) is 0 Å². The maximum Gasteiger partial charge on any atom is 0.151 e. The molecular weight excluding hydrogens is 344 g/mol. The number of hydrogen-bond acceptors (Lipinski definition) is 8. The molecule has 158 valence electrons. The van der Waals surface area contributed by atoms with Crippen LogP contribution in [0.15, 0.2) is 0 Å². The average Bonchev–Trinajstić information content (AvgIpc) is 2.58. The molecule has 0 bridgehead atoms. The topological polar surface area (TPSA) is 162 Å². The van der Waals surface area contributed by atoms with E-state index in [2.05, 4.69) is 0 Å². The van der Waals surface area contributed by atoms with Crippen molar-refractivity contribution in [2.45, 2.75) is 95.4 Å². The van der Waals surface area contributed by atoms with Gasteiger partial charge in [-0.15, -0.1) is 0 Å². The first-order valence-corrected chi connectivity index (χ1v) is 9.57. The van der Waals surface area contributed by atoms with Crippen molar-refractivity contribution in [1.29, 1.82) is 0 Å². The van der Waals surface area contributed by atoms with Crippen LogP contribution < -0.4 is 0 Å². The zero-order valence-electron chi connectivity index (χ0n) is 15.6. The van der Waals surface area contributed by atoms with Crippen LogP contribution in [0.1, 0.15) is 70.6 Å². The zero-order chi connectivity index (χ0) is 20.0. The molecule has 0 radical (unpaired) electrons. The van der Waals surface area contributed by atoms with E-state index in [1.54, 1.807) is 0 Å². The van der Waals surface area contributed by atoms with E-state index in [0.717, 1.165) is 6.42 Å². The standard InChI is InChI=1S/C18H38O8/c19-11-5-6-15(22)18(12-14(21)13-20,10-4-8-17(25)26)9-3-1-2-7-16(23)24/h14-17,19-26H,1-13H2. The van der Waals surface area contributed by atoms with Crippen molar-refractivity contribution >= 4 is 0 Å². The lowest BCUT2D eigenvalue weighted by Gasteiger charge is -2.40. The van der Waals surface area contributed by atoms with Crippen molar-refractivity contribution < 1.29 is 40.9 Å². The molecule has 8 N–H and O–H groups in total. The van der Waals surface area contributed by atoms with Gasteiger partial charge in [-0.3, -0.25) is 0 Å². The van der Waals surface area contributed by atoms with Crippen LogP contribution in [0.25, 0.3) is 0 Å². The fraction of sp³-hybridized carbons (Fsp3) is 1.00. The number of aliphatic hydroxyl groups excluding tert-OH is 6. The molecular formula is C18H38O8. The predicted molar refractivity (Wildman–Crippen MR) is 95.9 cm³/mol. The fourth-order valence-electron chi connectivity index (χ4n) is 3.54. The maximum absolute atomic E-state index is 10.7. The van der Waals surface area contributed by atoms with Gasteiger partial charge in [-0.2, -0.15) is 0 Å². The van der Waals surface area contributed by atoms with Gasteiger partial charge >= 0.3 is 0 Å². The molecule has 8 heteroatoms. The zero-order valence-corrected chi connectivity index (χ0v) is 15.6. The number of aliphatic hydroxyl groups is 8. The third-order valence-corrected chi connectivity index (χ3v) is 4.97. The van der Waals surface area contributed by atoms with Crippen LogP contribution in [0, 0.1) is 5.41 Å². The highest BCUT2D eigenvalue weighted by molar-refractivity contribution is 4.89. The molecule has 26 heavy (non-hydrogen) atoms. The van der Waals surface area contributed by atoms with Crippen molar-refractivity contribution in [2.24, 2.45) is 5.41 Å². The summed E-state index contributed by atoms with van der Waals surface area (Å²) in [7, 11) is 0. The van der Waals surface area contributed by atoms with Gasteiger partial charge < -0.3 is 40.9 Å². The number of hydrogen-bond donors (Lipinski definition) is 8. The Balaban J connectivity index is 5.01. The molecule has 8 nitrogen and oxygen atoms in total. The minimum absolute atomic E-state index is 0.0561. The van der Waals surface area contributed by atoms with E-state index in [1.807, 2.05) is 0 Å². The van der Waals surface area contributed by atoms with Gasteiger partial charge in [0, 0.05) is 6.61 Å². The molecule has 0 aliphatic carbocycles. The van der Waals surface area contributed by atoms with E-state index < -0.39 is 36.8 Å². The van der Waals surface area contributed by atoms with Crippen LogP contribution in [0.2, 0.25) is 0 Å². The number of unbranched alkanes of at least 4 members (excludes halogenated alkanes) is 2. The van der Waals surface area contributed by atoms with E-state index >= 15 is 0 Å². The van der Waals surface area contributed by atoms with Gasteiger partial charge in [-0.25, -0.2) is 0 Å². The Hall–Kier alpha value is -0.320. The van der Waals surface area contributed by atoms with Crippen LogP contribution in [0.5, 0.6) is 0 Å². The summed E-state index contributed by atoms with van der Waals surface area (Å²) in [6.07, 6.45) is 0.323. The van der Waals surface area contributed by atoms with Crippen molar-refractivity contribution in [2.75, 3.05) is 13.2 Å². The lowest BCUT2D eigenvalue weighted by Crippen LogP contribution is -2.40. The van der Waals surface area contributed by atoms with E-state index in [4.69, 9.17) is 25.5 Å². The molecule has 3 atom stereocenters. The van der Waals surface area contributed by atoms with Gasteiger partial charge in [0.15, 0.2) is 12.6 Å². The summed E-state index contributed by atoms with van der Waals surface area (Å²) in [6.45, 7) is -0.479. The summed E-state index contributed by atoms with van der Waals surface area (Å²) in [5.74, 6) is 0. The monoisotopic (exact) mass is 382 g/mol. The van der Waals surface area contributed by atoms with Gasteiger partial charge in [0.05, 0.1) is 18.8 Å².